The topological polar surface area (TPSA) is 60.0 Å². The molecule has 0 saturated carbocycles. The van der Waals surface area contributed by atoms with Gasteiger partial charge in [0.05, 0.1) is 6.54 Å². The minimum absolute atomic E-state index is 0.244. The predicted octanol–water partition coefficient (Wildman–Crippen LogP) is 1.28. The van der Waals surface area contributed by atoms with Gasteiger partial charge in [0.1, 0.15) is 0 Å². The van der Waals surface area contributed by atoms with Crippen molar-refractivity contribution in [3.8, 4) is 0 Å². The number of carbonyl (C=O) groups is 1. The summed E-state index contributed by atoms with van der Waals surface area (Å²) in [6.07, 6.45) is 4.05. The highest BCUT2D eigenvalue weighted by Crippen LogP contribution is 2.10. The van der Waals surface area contributed by atoms with Gasteiger partial charge in [0.2, 0.25) is 5.91 Å². The molecule has 6 nitrogen and oxygen atoms in total. The first-order chi connectivity index (χ1) is 11.1. The highest BCUT2D eigenvalue weighted by Gasteiger charge is 2.25. The van der Waals surface area contributed by atoms with E-state index in [4.69, 9.17) is 0 Å². The standard InChI is InChI=1S/C17H35N5O/c1-5-8-11-21(4)13-10-19-17(18-7-3)20-15-9-12-22(14-15)16(23)6-2/h15H,5-14H2,1-4H3,(H2,18,19,20). The van der Waals surface area contributed by atoms with E-state index in [1.807, 2.05) is 11.8 Å². The molecular weight excluding hydrogens is 290 g/mol. The largest absolute Gasteiger partial charge is 0.357 e. The van der Waals surface area contributed by atoms with Gasteiger partial charge in [0, 0.05) is 38.6 Å². The molecule has 2 N–H and O–H groups in total. The summed E-state index contributed by atoms with van der Waals surface area (Å²) in [5.74, 6) is 1.11. The monoisotopic (exact) mass is 325 g/mol. The summed E-state index contributed by atoms with van der Waals surface area (Å²) in [5, 5.41) is 6.77. The van der Waals surface area contributed by atoms with E-state index in [-0.39, 0.29) is 5.91 Å². The molecule has 1 rings (SSSR count). The van der Waals surface area contributed by atoms with Crippen molar-refractivity contribution in [1.29, 1.82) is 0 Å². The van der Waals surface area contributed by atoms with E-state index in [1.165, 1.54) is 12.8 Å². The van der Waals surface area contributed by atoms with Gasteiger partial charge >= 0.3 is 0 Å². The molecule has 1 unspecified atom stereocenters. The maximum atomic E-state index is 11.8. The molecule has 0 aromatic heterocycles. The van der Waals surface area contributed by atoms with Crippen LogP contribution in [0.4, 0.5) is 0 Å². The van der Waals surface area contributed by atoms with E-state index in [0.29, 0.717) is 12.5 Å². The number of guanidine groups is 1. The predicted molar refractivity (Wildman–Crippen MR) is 96.8 cm³/mol. The minimum atomic E-state index is 0.244. The van der Waals surface area contributed by atoms with Crippen LogP contribution in [0.25, 0.3) is 0 Å². The van der Waals surface area contributed by atoms with Gasteiger partial charge in [-0.25, -0.2) is 0 Å². The van der Waals surface area contributed by atoms with Crippen LogP contribution in [0.15, 0.2) is 4.99 Å². The van der Waals surface area contributed by atoms with Crippen LogP contribution < -0.4 is 10.6 Å². The van der Waals surface area contributed by atoms with Gasteiger partial charge in [-0.05, 0) is 33.4 Å². The van der Waals surface area contributed by atoms with Crippen molar-refractivity contribution < 1.29 is 4.79 Å². The van der Waals surface area contributed by atoms with Crippen LogP contribution in [0.5, 0.6) is 0 Å². The van der Waals surface area contributed by atoms with Crippen LogP contribution in [-0.4, -0.2) is 74.0 Å². The zero-order chi connectivity index (χ0) is 17.1. The lowest BCUT2D eigenvalue weighted by Gasteiger charge is -2.19. The highest BCUT2D eigenvalue weighted by molar-refractivity contribution is 5.80. The Labute approximate surface area is 141 Å². The van der Waals surface area contributed by atoms with Crippen LogP contribution >= 0.6 is 0 Å². The number of rotatable bonds is 9. The normalized spacial score (nSPS) is 18.6. The first kappa shape index (κ1) is 19.7. The quantitative estimate of drug-likeness (QED) is 0.495. The Bertz CT molecular complexity index is 372. The Morgan fingerprint density at radius 1 is 1.30 bits per heavy atom. The molecule has 1 aliphatic rings. The van der Waals surface area contributed by atoms with Gasteiger partial charge in [-0.2, -0.15) is 0 Å². The number of nitrogens with one attached hydrogen (secondary N) is 2. The summed E-state index contributed by atoms with van der Waals surface area (Å²) in [6, 6.07) is 0.307. The lowest BCUT2D eigenvalue weighted by Crippen LogP contribution is -2.45. The molecule has 0 aromatic carbocycles. The van der Waals surface area contributed by atoms with Crippen LogP contribution in [0.3, 0.4) is 0 Å². The number of amides is 1. The number of aliphatic imine (C=N–C) groups is 1. The van der Waals surface area contributed by atoms with Crippen molar-refractivity contribution in [3.63, 3.8) is 0 Å². The van der Waals surface area contributed by atoms with E-state index in [1.54, 1.807) is 0 Å². The fourth-order valence-electron chi connectivity index (χ4n) is 2.71. The third kappa shape index (κ3) is 7.68. The Morgan fingerprint density at radius 2 is 2.09 bits per heavy atom. The van der Waals surface area contributed by atoms with Gasteiger partial charge in [-0.15, -0.1) is 0 Å². The Morgan fingerprint density at radius 3 is 2.74 bits per heavy atom. The van der Waals surface area contributed by atoms with Crippen molar-refractivity contribution >= 4 is 11.9 Å². The van der Waals surface area contributed by atoms with Crippen LogP contribution in [0.2, 0.25) is 0 Å². The zero-order valence-electron chi connectivity index (χ0n) is 15.4. The lowest BCUT2D eigenvalue weighted by atomic mass is 10.3. The molecule has 1 amide bonds. The molecule has 1 aliphatic heterocycles. The molecule has 0 aromatic rings. The number of hydrogen-bond donors (Lipinski definition) is 2. The maximum Gasteiger partial charge on any atom is 0.222 e. The molecule has 6 heteroatoms. The first-order valence-corrected chi connectivity index (χ1v) is 9.11. The molecule has 0 aliphatic carbocycles. The number of hydrogen-bond acceptors (Lipinski definition) is 3. The zero-order valence-corrected chi connectivity index (χ0v) is 15.4. The van der Waals surface area contributed by atoms with Crippen molar-refractivity contribution in [2.45, 2.75) is 52.5 Å². The van der Waals surface area contributed by atoms with E-state index in [0.717, 1.165) is 51.6 Å². The van der Waals surface area contributed by atoms with Gasteiger partial charge < -0.3 is 20.4 Å². The van der Waals surface area contributed by atoms with Crippen LogP contribution in [-0.2, 0) is 4.79 Å². The molecule has 0 bridgehead atoms. The summed E-state index contributed by atoms with van der Waals surface area (Å²) in [7, 11) is 2.15. The van der Waals surface area contributed by atoms with Gasteiger partial charge in [-0.3, -0.25) is 9.79 Å². The molecule has 1 fully saturated rings. The van der Waals surface area contributed by atoms with E-state index >= 15 is 0 Å². The molecule has 0 spiro atoms. The van der Waals surface area contributed by atoms with Crippen molar-refractivity contribution in [2.75, 3.05) is 46.3 Å². The summed E-state index contributed by atoms with van der Waals surface area (Å²) in [6.45, 7) is 11.6. The van der Waals surface area contributed by atoms with Crippen molar-refractivity contribution in [2.24, 2.45) is 4.99 Å². The number of likely N-dealkylation sites (N-methyl/N-ethyl adjacent to an activating group) is 1. The second-order valence-corrected chi connectivity index (χ2v) is 6.24. The van der Waals surface area contributed by atoms with Crippen LogP contribution in [0, 0.1) is 0 Å². The maximum absolute atomic E-state index is 11.8. The molecule has 134 valence electrons. The number of nitrogens with zero attached hydrogens (tertiary/aromatic N) is 3. The highest BCUT2D eigenvalue weighted by atomic mass is 16.2. The SMILES string of the molecule is CCCCN(C)CCN=C(NCC)NC1CCN(C(=O)CC)C1. The summed E-state index contributed by atoms with van der Waals surface area (Å²) >= 11 is 0. The lowest BCUT2D eigenvalue weighted by molar-refractivity contribution is -0.129. The molecule has 0 radical (unpaired) electrons. The second-order valence-electron chi connectivity index (χ2n) is 6.24. The third-order valence-electron chi connectivity index (χ3n) is 4.17. The van der Waals surface area contributed by atoms with E-state index in [2.05, 4.69) is 41.4 Å². The smallest absolute Gasteiger partial charge is 0.222 e. The van der Waals surface area contributed by atoms with E-state index < -0.39 is 0 Å². The number of likely N-dealkylation sites (tertiary alicyclic amines) is 1. The van der Waals surface area contributed by atoms with Crippen molar-refractivity contribution in [1.82, 2.24) is 20.4 Å². The van der Waals surface area contributed by atoms with E-state index in [9.17, 15) is 4.79 Å². The van der Waals surface area contributed by atoms with Gasteiger partial charge in [0.25, 0.3) is 0 Å². The second kappa shape index (κ2) is 11.3. The summed E-state index contributed by atoms with van der Waals surface area (Å²) in [4.78, 5) is 20.7. The minimum Gasteiger partial charge on any atom is -0.357 e. The first-order valence-electron chi connectivity index (χ1n) is 9.11. The van der Waals surface area contributed by atoms with Crippen LogP contribution in [0.1, 0.15) is 46.5 Å². The molecular formula is C17H35N5O. The molecule has 1 atom stereocenters. The molecule has 1 saturated heterocycles. The number of unbranched alkanes of at least 4 members (excludes halogenated alkanes) is 1. The summed E-state index contributed by atoms with van der Waals surface area (Å²) in [5.41, 5.74) is 0. The fourth-order valence-corrected chi connectivity index (χ4v) is 2.71. The van der Waals surface area contributed by atoms with Gasteiger partial charge in [-0.1, -0.05) is 20.3 Å². The average molecular weight is 326 g/mol. The van der Waals surface area contributed by atoms with Crippen molar-refractivity contribution in [3.05, 3.63) is 0 Å². The Kier molecular flexibility index (Phi) is 9.67. The molecule has 1 heterocycles. The third-order valence-corrected chi connectivity index (χ3v) is 4.17. The molecule has 23 heavy (non-hydrogen) atoms. The number of carbonyl (C=O) groups excluding carboxylic acids is 1. The Balaban J connectivity index is 2.39. The summed E-state index contributed by atoms with van der Waals surface area (Å²) < 4.78 is 0. The Hall–Kier alpha value is -1.30. The average Bonchev–Trinajstić information content (AvgIpc) is 3.00. The van der Waals surface area contributed by atoms with Gasteiger partial charge in [0.15, 0.2) is 5.96 Å². The fraction of sp³-hybridized carbons (Fsp3) is 0.882.